The number of para-hydroxylation sites is 1. The first kappa shape index (κ1) is 14.5. The lowest BCUT2D eigenvalue weighted by Gasteiger charge is -2.10. The lowest BCUT2D eigenvalue weighted by Crippen LogP contribution is -2.27. The van der Waals surface area contributed by atoms with Gasteiger partial charge in [0, 0.05) is 0 Å². The number of halogens is 1. The summed E-state index contributed by atoms with van der Waals surface area (Å²) in [6.07, 6.45) is 0.569. The van der Waals surface area contributed by atoms with Gasteiger partial charge in [0.2, 0.25) is 0 Å². The van der Waals surface area contributed by atoms with E-state index in [1.54, 1.807) is 24.3 Å². The van der Waals surface area contributed by atoms with E-state index in [0.717, 1.165) is 0 Å². The van der Waals surface area contributed by atoms with E-state index < -0.39 is 10.0 Å². The molecule has 0 atom stereocenters. The Bertz CT molecular complexity index is 731. The molecule has 0 amide bonds. The molecule has 0 aliphatic heterocycles. The van der Waals surface area contributed by atoms with E-state index in [1.165, 1.54) is 24.3 Å². The van der Waals surface area contributed by atoms with Gasteiger partial charge in [-0.15, -0.1) is 0 Å². The Morgan fingerprint density at radius 1 is 1.05 bits per heavy atom. The summed E-state index contributed by atoms with van der Waals surface area (Å²) in [7, 11) is -3.93. The molecule has 0 radical (unpaired) electrons. The molecule has 7 heteroatoms. The van der Waals surface area contributed by atoms with Crippen molar-refractivity contribution in [2.45, 2.75) is 4.90 Å². The molecule has 1 N–H and O–H groups in total. The third-order valence-electron chi connectivity index (χ3n) is 2.43. The molecule has 0 aromatic heterocycles. The van der Waals surface area contributed by atoms with Crippen LogP contribution in [-0.4, -0.2) is 14.7 Å². The van der Waals surface area contributed by atoms with Crippen molar-refractivity contribution >= 4 is 27.9 Å². The van der Waals surface area contributed by atoms with Crippen LogP contribution in [0.5, 0.6) is 5.75 Å². The summed E-state index contributed by atoms with van der Waals surface area (Å²) in [5.41, 5.74) is 0.231. The number of nitrogens with one attached hydrogen (secondary N) is 1. The summed E-state index contributed by atoms with van der Waals surface area (Å²) in [5, 5.41) is 0.0762. The Kier molecular flexibility index (Phi) is 4.39. The number of aldehydes is 1. The van der Waals surface area contributed by atoms with Crippen LogP contribution in [0.3, 0.4) is 0 Å². The van der Waals surface area contributed by atoms with E-state index in [9.17, 15) is 13.2 Å². The molecule has 0 bridgehead atoms. The normalized spacial score (nSPS) is 11.1. The van der Waals surface area contributed by atoms with Crippen molar-refractivity contribution in [1.29, 1.82) is 0 Å². The highest BCUT2D eigenvalue weighted by atomic mass is 35.5. The Morgan fingerprint density at radius 3 is 2.40 bits per heavy atom. The minimum Gasteiger partial charge on any atom is -0.393 e. The first-order chi connectivity index (χ1) is 9.54. The number of carbonyl (C=O) groups excluding carboxylic acids is 1. The molecule has 0 aliphatic carbocycles. The Balaban J connectivity index is 2.22. The van der Waals surface area contributed by atoms with E-state index in [1.807, 2.05) is 4.89 Å². The summed E-state index contributed by atoms with van der Waals surface area (Å²) >= 11 is 5.82. The quantitative estimate of drug-likeness (QED) is 0.680. The van der Waals surface area contributed by atoms with Crippen molar-refractivity contribution in [3.8, 4) is 5.75 Å². The van der Waals surface area contributed by atoms with E-state index >= 15 is 0 Å². The van der Waals surface area contributed by atoms with Crippen LogP contribution in [0, 0.1) is 0 Å². The average molecular weight is 312 g/mol. The lowest BCUT2D eigenvalue weighted by atomic mass is 10.2. The molecule has 104 valence electrons. The third kappa shape index (κ3) is 3.16. The number of sulfonamides is 1. The van der Waals surface area contributed by atoms with Crippen molar-refractivity contribution in [2.75, 3.05) is 0 Å². The molecular weight excluding hydrogens is 302 g/mol. The lowest BCUT2D eigenvalue weighted by molar-refractivity contribution is 0.111. The summed E-state index contributed by atoms with van der Waals surface area (Å²) < 4.78 is 24.0. The molecule has 0 spiro atoms. The molecular formula is C13H10ClNO4S. The summed E-state index contributed by atoms with van der Waals surface area (Å²) in [6.45, 7) is 0. The maximum atomic E-state index is 12.0. The zero-order valence-corrected chi connectivity index (χ0v) is 11.7. The molecule has 0 saturated carbocycles. The van der Waals surface area contributed by atoms with Crippen LogP contribution in [0.25, 0.3) is 0 Å². The molecule has 0 heterocycles. The van der Waals surface area contributed by atoms with E-state index in [2.05, 4.69) is 0 Å². The number of benzene rings is 2. The van der Waals surface area contributed by atoms with Gasteiger partial charge in [0.05, 0.1) is 10.6 Å². The fourth-order valence-electron chi connectivity index (χ4n) is 1.48. The topological polar surface area (TPSA) is 72.5 Å². The summed E-state index contributed by atoms with van der Waals surface area (Å²) in [5.74, 6) is 0.109. The molecule has 0 aliphatic rings. The fourth-order valence-corrected chi connectivity index (χ4v) is 2.79. The van der Waals surface area contributed by atoms with Gasteiger partial charge < -0.3 is 4.84 Å². The van der Waals surface area contributed by atoms with Gasteiger partial charge in [-0.25, -0.2) is 8.42 Å². The summed E-state index contributed by atoms with van der Waals surface area (Å²) in [4.78, 5) is 17.6. The first-order valence-electron chi connectivity index (χ1n) is 5.52. The molecule has 5 nitrogen and oxygen atoms in total. The second-order valence-corrected chi connectivity index (χ2v) is 5.80. The standard InChI is InChI=1S/C13H10ClNO4S/c14-11-6-2-4-8-13(11)20(17,18)15-19-12-7-3-1-5-10(12)9-16/h1-9,15H. The number of hydrogen-bond donors (Lipinski definition) is 1. The number of hydrogen-bond acceptors (Lipinski definition) is 4. The highest BCUT2D eigenvalue weighted by Crippen LogP contribution is 2.21. The van der Waals surface area contributed by atoms with Crippen LogP contribution in [0.2, 0.25) is 5.02 Å². The second-order valence-electron chi connectivity index (χ2n) is 3.77. The van der Waals surface area contributed by atoms with E-state index in [-0.39, 0.29) is 21.2 Å². The minimum absolute atomic E-state index is 0.0762. The highest BCUT2D eigenvalue weighted by molar-refractivity contribution is 7.89. The van der Waals surface area contributed by atoms with Crippen molar-refractivity contribution in [3.63, 3.8) is 0 Å². The predicted octanol–water partition coefficient (Wildman–Crippen LogP) is 2.42. The zero-order chi connectivity index (χ0) is 14.6. The van der Waals surface area contributed by atoms with Crippen molar-refractivity contribution in [1.82, 2.24) is 4.89 Å². The molecule has 2 rings (SSSR count). The van der Waals surface area contributed by atoms with Gasteiger partial charge in [0.15, 0.2) is 12.0 Å². The SMILES string of the molecule is O=Cc1ccccc1ONS(=O)(=O)c1ccccc1Cl. The minimum atomic E-state index is -3.93. The number of rotatable bonds is 5. The van der Waals surface area contributed by atoms with Gasteiger partial charge in [-0.1, -0.05) is 35.9 Å². The number of carbonyl (C=O) groups is 1. The Labute approximate surface area is 121 Å². The third-order valence-corrected chi connectivity index (χ3v) is 4.11. The van der Waals surface area contributed by atoms with Crippen molar-refractivity contribution < 1.29 is 18.0 Å². The maximum Gasteiger partial charge on any atom is 0.272 e. The van der Waals surface area contributed by atoms with Gasteiger partial charge >= 0.3 is 0 Å². The van der Waals surface area contributed by atoms with E-state index in [0.29, 0.717) is 6.29 Å². The second kappa shape index (κ2) is 6.04. The fraction of sp³-hybridized carbons (Fsp3) is 0. The van der Waals surface area contributed by atoms with Gasteiger partial charge in [-0.3, -0.25) is 4.79 Å². The Morgan fingerprint density at radius 2 is 1.70 bits per heavy atom. The molecule has 0 saturated heterocycles. The largest absolute Gasteiger partial charge is 0.393 e. The van der Waals surface area contributed by atoms with E-state index in [4.69, 9.17) is 16.4 Å². The molecule has 20 heavy (non-hydrogen) atoms. The van der Waals surface area contributed by atoms with Crippen LogP contribution >= 0.6 is 11.6 Å². The van der Waals surface area contributed by atoms with Crippen LogP contribution in [-0.2, 0) is 10.0 Å². The van der Waals surface area contributed by atoms with Gasteiger partial charge in [0.25, 0.3) is 10.0 Å². The molecule has 2 aromatic carbocycles. The average Bonchev–Trinajstić information content (AvgIpc) is 2.46. The van der Waals surface area contributed by atoms with Gasteiger partial charge in [0.1, 0.15) is 4.90 Å². The van der Waals surface area contributed by atoms with Crippen LogP contribution < -0.4 is 9.72 Å². The summed E-state index contributed by atoms with van der Waals surface area (Å²) in [6, 6.07) is 12.2. The molecule has 0 unspecified atom stereocenters. The maximum absolute atomic E-state index is 12.0. The Hall–Kier alpha value is -1.89. The first-order valence-corrected chi connectivity index (χ1v) is 7.38. The van der Waals surface area contributed by atoms with Crippen LogP contribution in [0.1, 0.15) is 10.4 Å². The zero-order valence-electron chi connectivity index (χ0n) is 10.1. The predicted molar refractivity (Wildman–Crippen MR) is 74.2 cm³/mol. The van der Waals surface area contributed by atoms with Gasteiger partial charge in [-0.05, 0) is 29.2 Å². The smallest absolute Gasteiger partial charge is 0.272 e. The van der Waals surface area contributed by atoms with Crippen LogP contribution in [0.15, 0.2) is 53.4 Å². The van der Waals surface area contributed by atoms with Crippen LogP contribution in [0.4, 0.5) is 0 Å². The van der Waals surface area contributed by atoms with Gasteiger partial charge in [-0.2, -0.15) is 0 Å². The molecule has 2 aromatic rings. The van der Waals surface area contributed by atoms with Crippen molar-refractivity contribution in [2.24, 2.45) is 0 Å². The monoisotopic (exact) mass is 311 g/mol. The van der Waals surface area contributed by atoms with Crippen molar-refractivity contribution in [3.05, 3.63) is 59.1 Å². The highest BCUT2D eigenvalue weighted by Gasteiger charge is 2.18. The molecule has 0 fully saturated rings.